The van der Waals surface area contributed by atoms with Crippen molar-refractivity contribution in [2.24, 2.45) is 0 Å². The van der Waals surface area contributed by atoms with E-state index in [4.69, 9.17) is 4.74 Å². The molecule has 3 rings (SSSR count). The first-order valence-corrected chi connectivity index (χ1v) is 6.63. The lowest BCUT2D eigenvalue weighted by Gasteiger charge is -2.16. The lowest BCUT2D eigenvalue weighted by atomic mass is 10.1. The first-order chi connectivity index (χ1) is 10.2. The molecule has 5 heteroatoms. The van der Waals surface area contributed by atoms with E-state index in [0.29, 0.717) is 5.75 Å². The molecular formula is C16H14N2O3. The van der Waals surface area contributed by atoms with Gasteiger partial charge < -0.3 is 9.72 Å². The maximum absolute atomic E-state index is 10.9. The predicted octanol–water partition coefficient (Wildman–Crippen LogP) is 3.56. The SMILES string of the molecule is O=[N+]([O-])CC(Oc1ccc2[nH]ccc2c1)c1ccccc1. The molecule has 1 atom stereocenters. The number of rotatable bonds is 5. The lowest BCUT2D eigenvalue weighted by molar-refractivity contribution is -0.490. The molecule has 0 bridgehead atoms. The summed E-state index contributed by atoms with van der Waals surface area (Å²) in [6, 6.07) is 16.8. The van der Waals surface area contributed by atoms with Crippen molar-refractivity contribution in [2.45, 2.75) is 6.10 Å². The van der Waals surface area contributed by atoms with Gasteiger partial charge in [0.05, 0.1) is 0 Å². The number of fused-ring (bicyclic) bond motifs is 1. The van der Waals surface area contributed by atoms with E-state index in [9.17, 15) is 10.1 Å². The quantitative estimate of drug-likeness (QED) is 0.574. The van der Waals surface area contributed by atoms with Crippen LogP contribution in [0.15, 0.2) is 60.8 Å². The third-order valence-electron chi connectivity index (χ3n) is 3.29. The van der Waals surface area contributed by atoms with Gasteiger partial charge in [-0.1, -0.05) is 30.3 Å². The van der Waals surface area contributed by atoms with Crippen molar-refractivity contribution in [3.05, 3.63) is 76.5 Å². The third kappa shape index (κ3) is 3.02. The van der Waals surface area contributed by atoms with Gasteiger partial charge in [0.15, 0.2) is 6.10 Å². The van der Waals surface area contributed by atoms with E-state index in [-0.39, 0.29) is 11.5 Å². The normalized spacial score (nSPS) is 12.2. The van der Waals surface area contributed by atoms with Gasteiger partial charge in [-0.15, -0.1) is 0 Å². The summed E-state index contributed by atoms with van der Waals surface area (Å²) < 4.78 is 5.83. The highest BCUT2D eigenvalue weighted by Gasteiger charge is 2.19. The first-order valence-electron chi connectivity index (χ1n) is 6.63. The Morgan fingerprint density at radius 3 is 2.71 bits per heavy atom. The van der Waals surface area contributed by atoms with Crippen molar-refractivity contribution in [1.82, 2.24) is 4.98 Å². The van der Waals surface area contributed by atoms with Crippen LogP contribution < -0.4 is 4.74 Å². The first kappa shape index (κ1) is 13.2. The highest BCUT2D eigenvalue weighted by Crippen LogP contribution is 2.25. The van der Waals surface area contributed by atoms with Gasteiger partial charge in [-0.2, -0.15) is 0 Å². The van der Waals surface area contributed by atoms with E-state index in [0.717, 1.165) is 16.5 Å². The molecule has 0 aliphatic carbocycles. The highest BCUT2D eigenvalue weighted by atomic mass is 16.6. The zero-order valence-electron chi connectivity index (χ0n) is 11.2. The van der Waals surface area contributed by atoms with Crippen molar-refractivity contribution in [1.29, 1.82) is 0 Å². The van der Waals surface area contributed by atoms with Crippen LogP contribution in [0.4, 0.5) is 0 Å². The van der Waals surface area contributed by atoms with Gasteiger partial charge in [-0.3, -0.25) is 10.1 Å². The van der Waals surface area contributed by atoms with Gasteiger partial charge >= 0.3 is 0 Å². The van der Waals surface area contributed by atoms with Crippen LogP contribution in [0, 0.1) is 10.1 Å². The van der Waals surface area contributed by atoms with Crippen LogP contribution in [-0.2, 0) is 0 Å². The largest absolute Gasteiger partial charge is 0.479 e. The molecule has 1 N–H and O–H groups in total. The minimum atomic E-state index is -0.599. The number of aromatic nitrogens is 1. The summed E-state index contributed by atoms with van der Waals surface area (Å²) in [7, 11) is 0. The van der Waals surface area contributed by atoms with Crippen molar-refractivity contribution in [2.75, 3.05) is 6.54 Å². The molecule has 0 radical (unpaired) electrons. The predicted molar refractivity (Wildman–Crippen MR) is 80.0 cm³/mol. The summed E-state index contributed by atoms with van der Waals surface area (Å²) in [5.41, 5.74) is 1.80. The molecule has 0 aliphatic rings. The Hall–Kier alpha value is -2.82. The molecule has 0 saturated carbocycles. The van der Waals surface area contributed by atoms with Crippen LogP contribution in [0.5, 0.6) is 5.75 Å². The fourth-order valence-corrected chi connectivity index (χ4v) is 2.28. The minimum Gasteiger partial charge on any atom is -0.479 e. The maximum Gasteiger partial charge on any atom is 0.244 e. The van der Waals surface area contributed by atoms with Gasteiger partial charge in [0.25, 0.3) is 0 Å². The van der Waals surface area contributed by atoms with Crippen LogP contribution in [0.25, 0.3) is 10.9 Å². The standard InChI is InChI=1S/C16H14N2O3/c19-18(20)11-16(12-4-2-1-3-5-12)21-14-6-7-15-13(10-14)8-9-17-15/h1-10,16-17H,11H2. The molecule has 21 heavy (non-hydrogen) atoms. The van der Waals surface area contributed by atoms with Gasteiger partial charge in [0.1, 0.15) is 5.75 Å². The van der Waals surface area contributed by atoms with E-state index in [1.807, 2.05) is 60.8 Å². The van der Waals surface area contributed by atoms with Crippen LogP contribution in [0.1, 0.15) is 11.7 Å². The van der Waals surface area contributed by atoms with Crippen LogP contribution in [-0.4, -0.2) is 16.5 Å². The van der Waals surface area contributed by atoms with Crippen LogP contribution in [0.2, 0.25) is 0 Å². The number of H-pyrrole nitrogens is 1. The number of nitrogens with zero attached hydrogens (tertiary/aromatic N) is 1. The summed E-state index contributed by atoms with van der Waals surface area (Å²) >= 11 is 0. The van der Waals surface area contributed by atoms with Crippen molar-refractivity contribution < 1.29 is 9.66 Å². The van der Waals surface area contributed by atoms with Gasteiger partial charge in [0, 0.05) is 22.0 Å². The Kier molecular flexibility index (Phi) is 3.55. The second-order valence-electron chi connectivity index (χ2n) is 4.76. The number of benzene rings is 2. The molecule has 0 saturated heterocycles. The minimum absolute atomic E-state index is 0.269. The van der Waals surface area contributed by atoms with Crippen molar-refractivity contribution in [3.8, 4) is 5.75 Å². The summed E-state index contributed by atoms with van der Waals surface area (Å²) in [5.74, 6) is 0.623. The topological polar surface area (TPSA) is 68.2 Å². The second kappa shape index (κ2) is 5.66. The molecule has 1 unspecified atom stereocenters. The monoisotopic (exact) mass is 282 g/mol. The number of hydrogen-bond donors (Lipinski definition) is 1. The lowest BCUT2D eigenvalue weighted by Crippen LogP contribution is -2.18. The molecule has 5 nitrogen and oxygen atoms in total. The van der Waals surface area contributed by atoms with E-state index in [2.05, 4.69) is 4.98 Å². The summed E-state index contributed by atoms with van der Waals surface area (Å²) in [6.45, 7) is -0.269. The fraction of sp³-hybridized carbons (Fsp3) is 0.125. The Bertz CT molecular complexity index is 752. The van der Waals surface area contributed by atoms with Crippen LogP contribution >= 0.6 is 0 Å². The molecule has 106 valence electrons. The fourth-order valence-electron chi connectivity index (χ4n) is 2.28. The van der Waals surface area contributed by atoms with Crippen molar-refractivity contribution in [3.63, 3.8) is 0 Å². The van der Waals surface area contributed by atoms with Crippen molar-refractivity contribution >= 4 is 10.9 Å². The Balaban J connectivity index is 1.88. The summed E-state index contributed by atoms with van der Waals surface area (Å²) in [5, 5.41) is 11.9. The molecule has 0 fully saturated rings. The van der Waals surface area contributed by atoms with E-state index < -0.39 is 6.10 Å². The molecule has 3 aromatic rings. The molecule has 1 heterocycles. The highest BCUT2D eigenvalue weighted by molar-refractivity contribution is 5.80. The maximum atomic E-state index is 10.9. The summed E-state index contributed by atoms with van der Waals surface area (Å²) in [6.07, 6.45) is 1.25. The number of aromatic amines is 1. The number of hydrogen-bond acceptors (Lipinski definition) is 3. The van der Waals surface area contributed by atoms with Gasteiger partial charge in [-0.05, 0) is 29.8 Å². The second-order valence-corrected chi connectivity index (χ2v) is 4.76. The van der Waals surface area contributed by atoms with Gasteiger partial charge in [0.2, 0.25) is 6.54 Å². The Labute approximate surface area is 121 Å². The zero-order chi connectivity index (χ0) is 14.7. The Morgan fingerprint density at radius 2 is 1.95 bits per heavy atom. The third-order valence-corrected chi connectivity index (χ3v) is 3.29. The summed E-state index contributed by atoms with van der Waals surface area (Å²) in [4.78, 5) is 13.6. The smallest absolute Gasteiger partial charge is 0.244 e. The number of nitro groups is 1. The average Bonchev–Trinajstić information content (AvgIpc) is 2.94. The molecule has 2 aromatic carbocycles. The molecule has 0 amide bonds. The molecule has 0 spiro atoms. The number of ether oxygens (including phenoxy) is 1. The van der Waals surface area contributed by atoms with E-state index in [1.54, 1.807) is 0 Å². The zero-order valence-corrected chi connectivity index (χ0v) is 11.2. The van der Waals surface area contributed by atoms with Crippen LogP contribution in [0.3, 0.4) is 0 Å². The average molecular weight is 282 g/mol. The van der Waals surface area contributed by atoms with E-state index in [1.165, 1.54) is 0 Å². The van der Waals surface area contributed by atoms with E-state index >= 15 is 0 Å². The molecular weight excluding hydrogens is 268 g/mol. The molecule has 1 aromatic heterocycles. The van der Waals surface area contributed by atoms with Gasteiger partial charge in [-0.25, -0.2) is 0 Å². The molecule has 0 aliphatic heterocycles. The Morgan fingerprint density at radius 1 is 1.14 bits per heavy atom. The number of nitrogens with one attached hydrogen (secondary N) is 1.